The van der Waals surface area contributed by atoms with Crippen LogP contribution < -0.4 is 21.5 Å². The number of aromatic nitrogens is 3. The van der Waals surface area contributed by atoms with Crippen LogP contribution in [0.4, 0.5) is 11.6 Å². The van der Waals surface area contributed by atoms with E-state index in [-0.39, 0.29) is 17.5 Å². The molecule has 0 unspecified atom stereocenters. The van der Waals surface area contributed by atoms with Gasteiger partial charge in [0.15, 0.2) is 0 Å². The lowest BCUT2D eigenvalue weighted by Gasteiger charge is -2.44. The van der Waals surface area contributed by atoms with E-state index >= 15 is 0 Å². The average molecular weight is 369 g/mol. The molecule has 2 aromatic rings. The first-order valence-corrected chi connectivity index (χ1v) is 8.65. The van der Waals surface area contributed by atoms with Crippen LogP contribution in [0.25, 0.3) is 11.3 Å². The average Bonchev–Trinajstić information content (AvgIpc) is 2.65. The fourth-order valence-corrected chi connectivity index (χ4v) is 2.87. The van der Waals surface area contributed by atoms with Gasteiger partial charge in [0.05, 0.1) is 11.7 Å². The Hall–Kier alpha value is -3.20. The summed E-state index contributed by atoms with van der Waals surface area (Å²) in [6.07, 6.45) is 6.41. The van der Waals surface area contributed by atoms with E-state index in [0.717, 1.165) is 5.56 Å². The van der Waals surface area contributed by atoms with Gasteiger partial charge in [-0.25, -0.2) is 9.97 Å². The van der Waals surface area contributed by atoms with E-state index in [9.17, 15) is 9.59 Å². The highest BCUT2D eigenvalue weighted by Gasteiger charge is 2.33. The summed E-state index contributed by atoms with van der Waals surface area (Å²) in [5, 5.41) is 2.90. The van der Waals surface area contributed by atoms with Gasteiger partial charge in [0.25, 0.3) is 5.56 Å². The number of carbonyl (C=O) groups is 1. The first kappa shape index (κ1) is 18.6. The van der Waals surface area contributed by atoms with Crippen molar-refractivity contribution < 1.29 is 4.79 Å². The standard InChI is InChI=1S/C18H23N7O2/c1-20-18-21-7-5-14(23-18)12-8-15(17(27)22-9-12)24(2)13-10-25(11-13)16(26)4-3-6-19/h3-5,7-9,13H,6,10-11,19H2,1-2H3,(H,22,27)(H,20,21,23). The Morgan fingerprint density at radius 2 is 2.30 bits per heavy atom. The quantitative estimate of drug-likeness (QED) is 0.615. The van der Waals surface area contributed by atoms with E-state index in [4.69, 9.17) is 5.73 Å². The Balaban J connectivity index is 1.76. The molecule has 0 radical (unpaired) electrons. The number of rotatable bonds is 6. The van der Waals surface area contributed by atoms with Gasteiger partial charge in [-0.15, -0.1) is 0 Å². The zero-order valence-corrected chi connectivity index (χ0v) is 15.3. The topological polar surface area (TPSA) is 120 Å². The summed E-state index contributed by atoms with van der Waals surface area (Å²) in [6.45, 7) is 1.46. The van der Waals surface area contributed by atoms with Crippen LogP contribution >= 0.6 is 0 Å². The zero-order valence-electron chi connectivity index (χ0n) is 15.3. The minimum absolute atomic E-state index is 0.0617. The summed E-state index contributed by atoms with van der Waals surface area (Å²) in [6, 6.07) is 3.67. The molecule has 2 aromatic heterocycles. The van der Waals surface area contributed by atoms with Crippen LogP contribution in [0.1, 0.15) is 0 Å². The van der Waals surface area contributed by atoms with Crippen LogP contribution in [0.5, 0.6) is 0 Å². The van der Waals surface area contributed by atoms with Crippen molar-refractivity contribution in [3.8, 4) is 11.3 Å². The third-order valence-electron chi connectivity index (χ3n) is 4.56. The highest BCUT2D eigenvalue weighted by Crippen LogP contribution is 2.23. The molecule has 1 fully saturated rings. The van der Waals surface area contributed by atoms with Crippen LogP contribution in [0.3, 0.4) is 0 Å². The highest BCUT2D eigenvalue weighted by atomic mass is 16.2. The van der Waals surface area contributed by atoms with E-state index in [1.165, 1.54) is 6.08 Å². The predicted octanol–water partition coefficient (Wildman–Crippen LogP) is 0.0355. The number of nitrogens with two attached hydrogens (primary N) is 1. The molecule has 1 amide bonds. The van der Waals surface area contributed by atoms with Gasteiger partial charge in [-0.2, -0.15) is 0 Å². The smallest absolute Gasteiger partial charge is 0.271 e. The summed E-state index contributed by atoms with van der Waals surface area (Å²) in [7, 11) is 3.60. The predicted molar refractivity (Wildman–Crippen MR) is 105 cm³/mol. The first-order chi connectivity index (χ1) is 13.0. The van der Waals surface area contributed by atoms with Gasteiger partial charge >= 0.3 is 0 Å². The summed E-state index contributed by atoms with van der Waals surface area (Å²) in [5.74, 6) is 0.445. The summed E-state index contributed by atoms with van der Waals surface area (Å²) in [4.78, 5) is 39.1. The molecular formula is C18H23N7O2. The number of pyridine rings is 1. The monoisotopic (exact) mass is 369 g/mol. The Labute approximate surface area is 156 Å². The molecule has 9 heteroatoms. The minimum atomic E-state index is -0.183. The van der Waals surface area contributed by atoms with E-state index in [2.05, 4.69) is 20.3 Å². The maximum atomic E-state index is 12.3. The molecule has 0 bridgehead atoms. The van der Waals surface area contributed by atoms with E-state index in [1.54, 1.807) is 42.6 Å². The molecule has 0 aromatic carbocycles. The van der Waals surface area contributed by atoms with Gasteiger partial charge < -0.3 is 25.8 Å². The number of anilines is 2. The first-order valence-electron chi connectivity index (χ1n) is 8.65. The van der Waals surface area contributed by atoms with Gasteiger partial charge in [0, 0.05) is 57.8 Å². The van der Waals surface area contributed by atoms with Crippen LogP contribution in [-0.4, -0.2) is 65.5 Å². The number of H-pyrrole nitrogens is 1. The molecule has 3 rings (SSSR count). The number of hydrogen-bond acceptors (Lipinski definition) is 7. The number of likely N-dealkylation sites (N-methyl/N-ethyl adjacent to an activating group) is 1. The molecule has 27 heavy (non-hydrogen) atoms. The molecule has 9 nitrogen and oxygen atoms in total. The molecule has 142 valence electrons. The van der Waals surface area contributed by atoms with E-state index in [0.29, 0.717) is 37.0 Å². The fourth-order valence-electron chi connectivity index (χ4n) is 2.87. The third-order valence-corrected chi connectivity index (χ3v) is 4.56. The Morgan fingerprint density at radius 3 is 3.00 bits per heavy atom. The van der Waals surface area contributed by atoms with Gasteiger partial charge in [0.1, 0.15) is 5.69 Å². The Bertz CT molecular complexity index is 903. The lowest BCUT2D eigenvalue weighted by atomic mass is 10.1. The van der Waals surface area contributed by atoms with Crippen molar-refractivity contribution in [2.24, 2.45) is 5.73 Å². The summed E-state index contributed by atoms with van der Waals surface area (Å²) < 4.78 is 0. The maximum Gasteiger partial charge on any atom is 0.271 e. The largest absolute Gasteiger partial charge is 0.364 e. The molecule has 1 aliphatic rings. The molecular weight excluding hydrogens is 346 g/mol. The molecule has 0 atom stereocenters. The highest BCUT2D eigenvalue weighted by molar-refractivity contribution is 5.88. The second-order valence-electron chi connectivity index (χ2n) is 6.26. The Kier molecular flexibility index (Phi) is 5.51. The second kappa shape index (κ2) is 8.00. The molecule has 0 spiro atoms. The number of likely N-dealkylation sites (tertiary alicyclic amines) is 1. The SMILES string of the molecule is CNc1nccc(-c2c[nH]c(=O)c(N(C)C3CN(C(=O)C=CCN)C3)c2)n1. The molecule has 1 aliphatic heterocycles. The van der Waals surface area contributed by atoms with Crippen molar-refractivity contribution in [2.75, 3.05) is 43.9 Å². The zero-order chi connectivity index (χ0) is 19.4. The van der Waals surface area contributed by atoms with E-state index in [1.807, 2.05) is 11.9 Å². The van der Waals surface area contributed by atoms with Crippen LogP contribution in [0, 0.1) is 0 Å². The van der Waals surface area contributed by atoms with Crippen molar-refractivity contribution in [3.63, 3.8) is 0 Å². The number of aromatic amines is 1. The van der Waals surface area contributed by atoms with Crippen molar-refractivity contribution >= 4 is 17.5 Å². The van der Waals surface area contributed by atoms with Gasteiger partial charge in [-0.3, -0.25) is 9.59 Å². The molecule has 0 aliphatic carbocycles. The van der Waals surface area contributed by atoms with Crippen LogP contribution in [0.15, 0.2) is 41.5 Å². The number of nitrogens with zero attached hydrogens (tertiary/aromatic N) is 4. The van der Waals surface area contributed by atoms with Gasteiger partial charge in [0.2, 0.25) is 11.9 Å². The number of nitrogens with one attached hydrogen (secondary N) is 2. The van der Waals surface area contributed by atoms with Crippen molar-refractivity contribution in [3.05, 3.63) is 47.0 Å². The molecule has 1 saturated heterocycles. The molecule has 0 saturated carbocycles. The molecule has 3 heterocycles. The van der Waals surface area contributed by atoms with Crippen molar-refractivity contribution in [1.29, 1.82) is 0 Å². The van der Waals surface area contributed by atoms with Crippen LogP contribution in [-0.2, 0) is 4.79 Å². The Morgan fingerprint density at radius 1 is 1.52 bits per heavy atom. The molecule has 4 N–H and O–H groups in total. The lowest BCUT2D eigenvalue weighted by molar-refractivity contribution is -0.130. The van der Waals surface area contributed by atoms with Crippen LogP contribution in [0.2, 0.25) is 0 Å². The van der Waals surface area contributed by atoms with Crippen molar-refractivity contribution in [1.82, 2.24) is 19.9 Å². The van der Waals surface area contributed by atoms with E-state index < -0.39 is 0 Å². The number of hydrogen-bond donors (Lipinski definition) is 3. The lowest BCUT2D eigenvalue weighted by Crippen LogP contribution is -2.60. The second-order valence-corrected chi connectivity index (χ2v) is 6.26. The third kappa shape index (κ3) is 3.98. The van der Waals surface area contributed by atoms with Gasteiger partial charge in [-0.05, 0) is 12.1 Å². The number of amides is 1. The number of carbonyl (C=O) groups excluding carboxylic acids is 1. The summed E-state index contributed by atoms with van der Waals surface area (Å²) >= 11 is 0. The van der Waals surface area contributed by atoms with Gasteiger partial charge in [-0.1, -0.05) is 6.08 Å². The maximum absolute atomic E-state index is 12.3. The summed E-state index contributed by atoms with van der Waals surface area (Å²) in [5.41, 5.74) is 7.21. The minimum Gasteiger partial charge on any atom is -0.364 e. The van der Waals surface area contributed by atoms with Crippen molar-refractivity contribution in [2.45, 2.75) is 6.04 Å². The normalized spacial score (nSPS) is 14.3. The fraction of sp³-hybridized carbons (Fsp3) is 0.333.